The van der Waals surface area contributed by atoms with E-state index in [1.54, 1.807) is 23.9 Å². The molecule has 0 spiro atoms. The molecule has 2 heterocycles. The van der Waals surface area contributed by atoms with Crippen LogP contribution in [-0.4, -0.2) is 52.5 Å². The monoisotopic (exact) mass is 426 g/mol. The number of hydrogen-bond donors (Lipinski definition) is 3. The van der Waals surface area contributed by atoms with E-state index in [0.29, 0.717) is 29.6 Å². The van der Waals surface area contributed by atoms with Crippen LogP contribution in [0, 0.1) is 0 Å². The number of aromatic amines is 1. The van der Waals surface area contributed by atoms with Gasteiger partial charge in [0.05, 0.1) is 11.0 Å². The minimum atomic E-state index is -0.823. The van der Waals surface area contributed by atoms with Gasteiger partial charge in [0.1, 0.15) is 12.6 Å². The Hall–Kier alpha value is -3.20. The highest BCUT2D eigenvalue weighted by atomic mass is 32.2. The molecule has 1 aromatic heterocycles. The van der Waals surface area contributed by atoms with E-state index in [0.717, 1.165) is 11.0 Å². The zero-order valence-electron chi connectivity index (χ0n) is 16.4. The third-order valence-electron chi connectivity index (χ3n) is 4.68. The Morgan fingerprint density at radius 1 is 1.20 bits per heavy atom. The Labute approximate surface area is 177 Å². The van der Waals surface area contributed by atoms with Crippen molar-refractivity contribution in [3.63, 3.8) is 0 Å². The molecule has 8 nitrogen and oxygen atoms in total. The van der Waals surface area contributed by atoms with Gasteiger partial charge in [-0.05, 0) is 42.7 Å². The molecule has 1 aliphatic heterocycles. The summed E-state index contributed by atoms with van der Waals surface area (Å²) in [6, 6.07) is 13.9. The molecule has 4 rings (SSSR count). The fourth-order valence-electron chi connectivity index (χ4n) is 3.13. The highest BCUT2D eigenvalue weighted by Gasteiger charge is 2.30. The first-order valence-electron chi connectivity index (χ1n) is 9.57. The lowest BCUT2D eigenvalue weighted by Gasteiger charge is -2.27. The van der Waals surface area contributed by atoms with Crippen LogP contribution in [0.5, 0.6) is 11.5 Å². The van der Waals surface area contributed by atoms with Crippen LogP contribution in [-0.2, 0) is 9.59 Å². The molecule has 0 unspecified atom stereocenters. The first-order chi connectivity index (χ1) is 14.6. The average molecular weight is 426 g/mol. The molecule has 3 aromatic rings. The SMILES string of the molecule is CSCC[C@@H](NC(=O)[C@@H]1COc2ccccc2O1)C(=O)Nc1nc2ccccc2[nH]1. The van der Waals surface area contributed by atoms with Crippen molar-refractivity contribution in [1.29, 1.82) is 0 Å². The minimum Gasteiger partial charge on any atom is -0.485 e. The van der Waals surface area contributed by atoms with E-state index in [1.165, 1.54) is 0 Å². The number of nitrogens with zero attached hydrogens (tertiary/aromatic N) is 1. The molecule has 3 N–H and O–H groups in total. The van der Waals surface area contributed by atoms with Crippen molar-refractivity contribution in [3.05, 3.63) is 48.5 Å². The number of imidazole rings is 1. The summed E-state index contributed by atoms with van der Waals surface area (Å²) >= 11 is 1.60. The molecule has 2 aromatic carbocycles. The highest BCUT2D eigenvalue weighted by molar-refractivity contribution is 7.98. The van der Waals surface area contributed by atoms with Gasteiger partial charge >= 0.3 is 0 Å². The molecule has 0 saturated carbocycles. The van der Waals surface area contributed by atoms with Gasteiger partial charge in [-0.15, -0.1) is 0 Å². The lowest BCUT2D eigenvalue weighted by molar-refractivity contribution is -0.133. The number of thioether (sulfide) groups is 1. The van der Waals surface area contributed by atoms with Gasteiger partial charge in [0, 0.05) is 0 Å². The minimum absolute atomic E-state index is 0.0866. The average Bonchev–Trinajstić information content (AvgIpc) is 3.18. The zero-order chi connectivity index (χ0) is 20.9. The van der Waals surface area contributed by atoms with E-state index in [4.69, 9.17) is 9.47 Å². The van der Waals surface area contributed by atoms with E-state index in [2.05, 4.69) is 20.6 Å². The lowest BCUT2D eigenvalue weighted by atomic mass is 10.2. The van der Waals surface area contributed by atoms with Gasteiger partial charge in [0.25, 0.3) is 5.91 Å². The maximum absolute atomic E-state index is 12.8. The number of benzene rings is 2. The van der Waals surface area contributed by atoms with Crippen LogP contribution in [0.1, 0.15) is 6.42 Å². The third-order valence-corrected chi connectivity index (χ3v) is 5.32. The van der Waals surface area contributed by atoms with E-state index in [-0.39, 0.29) is 12.5 Å². The van der Waals surface area contributed by atoms with E-state index in [1.807, 2.05) is 42.7 Å². The van der Waals surface area contributed by atoms with Crippen LogP contribution in [0.25, 0.3) is 11.0 Å². The summed E-state index contributed by atoms with van der Waals surface area (Å²) < 4.78 is 11.3. The topological polar surface area (TPSA) is 105 Å². The summed E-state index contributed by atoms with van der Waals surface area (Å²) in [6.45, 7) is 0.0866. The lowest BCUT2D eigenvalue weighted by Crippen LogP contribution is -2.51. The van der Waals surface area contributed by atoms with Gasteiger partial charge in [-0.3, -0.25) is 14.9 Å². The quantitative estimate of drug-likeness (QED) is 0.536. The van der Waals surface area contributed by atoms with Crippen molar-refractivity contribution in [2.24, 2.45) is 0 Å². The van der Waals surface area contributed by atoms with Gasteiger partial charge in [-0.25, -0.2) is 4.98 Å². The molecule has 0 aliphatic carbocycles. The number of hydrogen-bond acceptors (Lipinski definition) is 6. The van der Waals surface area contributed by atoms with Crippen LogP contribution in [0.2, 0.25) is 0 Å². The van der Waals surface area contributed by atoms with E-state index >= 15 is 0 Å². The molecular formula is C21H22N4O4S. The Morgan fingerprint density at radius 2 is 1.97 bits per heavy atom. The molecular weight excluding hydrogens is 404 g/mol. The number of anilines is 1. The maximum atomic E-state index is 12.8. The second-order valence-electron chi connectivity index (χ2n) is 6.80. The Bertz CT molecular complexity index is 1020. The Kier molecular flexibility index (Phi) is 6.08. The van der Waals surface area contributed by atoms with Crippen LogP contribution in [0.3, 0.4) is 0 Å². The molecule has 0 saturated heterocycles. The fourth-order valence-corrected chi connectivity index (χ4v) is 3.61. The molecule has 1 aliphatic rings. The second-order valence-corrected chi connectivity index (χ2v) is 7.78. The summed E-state index contributed by atoms with van der Waals surface area (Å²) in [5.41, 5.74) is 1.58. The number of carbonyl (C=O) groups is 2. The number of nitrogens with one attached hydrogen (secondary N) is 3. The largest absolute Gasteiger partial charge is 0.485 e. The number of fused-ring (bicyclic) bond motifs is 2. The summed E-state index contributed by atoms with van der Waals surface area (Å²) in [5.74, 6) is 1.43. The molecule has 0 fully saturated rings. The third kappa shape index (κ3) is 4.51. The summed E-state index contributed by atoms with van der Waals surface area (Å²) in [7, 11) is 0. The molecule has 0 bridgehead atoms. The first kappa shape index (κ1) is 20.1. The van der Waals surface area contributed by atoms with Gasteiger partial charge in [0.2, 0.25) is 18.0 Å². The summed E-state index contributed by atoms with van der Waals surface area (Å²) in [4.78, 5) is 33.0. The molecule has 0 radical (unpaired) electrons. The maximum Gasteiger partial charge on any atom is 0.265 e. The Balaban J connectivity index is 1.42. The second kappa shape index (κ2) is 9.08. The number of ether oxygens (including phenoxy) is 2. The predicted octanol–water partition coefficient (Wildman–Crippen LogP) is 2.58. The van der Waals surface area contributed by atoms with Gasteiger partial charge < -0.3 is 19.8 Å². The standard InChI is InChI=1S/C21H22N4O4S/c1-30-11-10-15(19(26)25-21-23-13-6-2-3-7-14(13)24-21)22-20(27)18-12-28-16-8-4-5-9-17(16)29-18/h2-9,15,18H,10-12H2,1H3,(H,22,27)(H2,23,24,25,26)/t15-,18+/m1/s1. The van der Waals surface area contributed by atoms with Crippen LogP contribution >= 0.6 is 11.8 Å². The zero-order valence-corrected chi connectivity index (χ0v) is 17.2. The number of carbonyl (C=O) groups excluding carboxylic acids is 2. The van der Waals surface area contributed by atoms with Crippen molar-refractivity contribution >= 4 is 40.6 Å². The van der Waals surface area contributed by atoms with Crippen molar-refractivity contribution in [2.75, 3.05) is 23.9 Å². The molecule has 156 valence electrons. The number of amides is 2. The van der Waals surface area contributed by atoms with Crippen molar-refractivity contribution in [3.8, 4) is 11.5 Å². The predicted molar refractivity (Wildman–Crippen MR) is 116 cm³/mol. The normalized spacial score (nSPS) is 16.1. The van der Waals surface area contributed by atoms with Crippen LogP contribution in [0.4, 0.5) is 5.95 Å². The number of para-hydroxylation sites is 4. The molecule has 30 heavy (non-hydrogen) atoms. The van der Waals surface area contributed by atoms with Crippen LogP contribution in [0.15, 0.2) is 48.5 Å². The summed E-state index contributed by atoms with van der Waals surface area (Å²) in [5, 5.41) is 5.56. The van der Waals surface area contributed by atoms with Crippen molar-refractivity contribution in [1.82, 2.24) is 15.3 Å². The van der Waals surface area contributed by atoms with Crippen LogP contribution < -0.4 is 20.1 Å². The number of rotatable bonds is 7. The first-order valence-corrected chi connectivity index (χ1v) is 11.0. The molecule has 2 amide bonds. The van der Waals surface area contributed by atoms with E-state index in [9.17, 15) is 9.59 Å². The van der Waals surface area contributed by atoms with Crippen molar-refractivity contribution in [2.45, 2.75) is 18.6 Å². The number of aromatic nitrogens is 2. The smallest absolute Gasteiger partial charge is 0.265 e. The fraction of sp³-hybridized carbons (Fsp3) is 0.286. The van der Waals surface area contributed by atoms with E-state index < -0.39 is 18.1 Å². The van der Waals surface area contributed by atoms with Gasteiger partial charge in [-0.1, -0.05) is 24.3 Å². The highest BCUT2D eigenvalue weighted by Crippen LogP contribution is 2.30. The van der Waals surface area contributed by atoms with Gasteiger partial charge in [0.15, 0.2) is 11.5 Å². The van der Waals surface area contributed by atoms with Gasteiger partial charge in [-0.2, -0.15) is 11.8 Å². The summed E-state index contributed by atoms with van der Waals surface area (Å²) in [6.07, 6.45) is 1.60. The Morgan fingerprint density at radius 3 is 2.77 bits per heavy atom. The molecule has 9 heteroatoms. The van der Waals surface area contributed by atoms with Crippen molar-refractivity contribution < 1.29 is 19.1 Å². The number of H-pyrrole nitrogens is 1. The molecule has 2 atom stereocenters.